The van der Waals surface area contributed by atoms with Crippen molar-refractivity contribution < 1.29 is 9.52 Å². The molecule has 0 aliphatic rings. The van der Waals surface area contributed by atoms with Gasteiger partial charge in [-0.05, 0) is 42.7 Å². The molecule has 0 saturated carbocycles. The zero-order valence-electron chi connectivity index (χ0n) is 11.4. The highest BCUT2D eigenvalue weighted by molar-refractivity contribution is 6.34. The Kier molecular flexibility index (Phi) is 3.28. The molecule has 0 fully saturated rings. The van der Waals surface area contributed by atoms with Crippen LogP contribution in [0.25, 0.3) is 11.0 Å². The number of para-hydroxylation sites is 1. The van der Waals surface area contributed by atoms with Gasteiger partial charge in [0.05, 0.1) is 5.02 Å². The number of hydrogen-bond acceptors (Lipinski definition) is 2. The summed E-state index contributed by atoms with van der Waals surface area (Å²) in [6, 6.07) is 13.4. The molecule has 102 valence electrons. The van der Waals surface area contributed by atoms with Crippen LogP contribution in [0.5, 0.6) is 0 Å². The van der Waals surface area contributed by atoms with Crippen LogP contribution in [0, 0.1) is 13.8 Å². The zero-order chi connectivity index (χ0) is 14.3. The normalized spacial score (nSPS) is 12.8. The van der Waals surface area contributed by atoms with Gasteiger partial charge in [0.2, 0.25) is 0 Å². The van der Waals surface area contributed by atoms with E-state index < -0.39 is 6.10 Å². The van der Waals surface area contributed by atoms with Gasteiger partial charge in [-0.2, -0.15) is 0 Å². The molecule has 3 heteroatoms. The fourth-order valence-corrected chi connectivity index (χ4v) is 2.80. The molecule has 1 N–H and O–H groups in total. The van der Waals surface area contributed by atoms with E-state index in [2.05, 4.69) is 0 Å². The minimum atomic E-state index is -0.778. The number of rotatable bonds is 2. The van der Waals surface area contributed by atoms with Crippen molar-refractivity contribution in [1.29, 1.82) is 0 Å². The van der Waals surface area contributed by atoms with Crippen molar-refractivity contribution >= 4 is 22.6 Å². The molecule has 2 nitrogen and oxygen atoms in total. The Labute approximate surface area is 122 Å². The first-order valence-corrected chi connectivity index (χ1v) is 6.88. The van der Waals surface area contributed by atoms with E-state index in [9.17, 15) is 5.11 Å². The zero-order valence-corrected chi connectivity index (χ0v) is 12.1. The number of furan rings is 1. The van der Waals surface area contributed by atoms with Crippen LogP contribution in [0.4, 0.5) is 0 Å². The lowest BCUT2D eigenvalue weighted by Gasteiger charge is -2.14. The Morgan fingerprint density at radius 2 is 1.70 bits per heavy atom. The van der Waals surface area contributed by atoms with Crippen LogP contribution in [0.1, 0.15) is 28.6 Å². The summed E-state index contributed by atoms with van der Waals surface area (Å²) in [7, 11) is 0. The summed E-state index contributed by atoms with van der Waals surface area (Å²) in [5.74, 6) is 0.519. The van der Waals surface area contributed by atoms with Crippen molar-refractivity contribution in [2.75, 3.05) is 0 Å². The molecule has 1 heterocycles. The summed E-state index contributed by atoms with van der Waals surface area (Å²) >= 11 is 6.11. The highest BCUT2D eigenvalue weighted by Gasteiger charge is 2.19. The Morgan fingerprint density at radius 3 is 2.35 bits per heavy atom. The molecule has 0 bridgehead atoms. The molecule has 0 aliphatic heterocycles. The van der Waals surface area contributed by atoms with Gasteiger partial charge < -0.3 is 9.52 Å². The number of aryl methyl sites for hydroxylation is 2. The molecule has 0 radical (unpaired) electrons. The van der Waals surface area contributed by atoms with Crippen LogP contribution in [0.3, 0.4) is 0 Å². The van der Waals surface area contributed by atoms with E-state index in [1.165, 1.54) is 0 Å². The Balaban J connectivity index is 2.13. The second-order valence-corrected chi connectivity index (χ2v) is 5.42. The number of halogens is 1. The fraction of sp³-hybridized carbons (Fsp3) is 0.176. The van der Waals surface area contributed by atoms with E-state index >= 15 is 0 Å². The lowest BCUT2D eigenvalue weighted by molar-refractivity contribution is 0.191. The van der Waals surface area contributed by atoms with Crippen molar-refractivity contribution in [3.05, 3.63) is 69.9 Å². The fourth-order valence-electron chi connectivity index (χ4n) is 2.58. The number of aliphatic hydroxyl groups excluding tert-OH is 1. The van der Waals surface area contributed by atoms with E-state index in [1.807, 2.05) is 50.2 Å². The Hall–Kier alpha value is -1.77. The lowest BCUT2D eigenvalue weighted by atomic mass is 9.96. The summed E-state index contributed by atoms with van der Waals surface area (Å²) < 4.78 is 5.74. The first-order chi connectivity index (χ1) is 9.58. The van der Waals surface area contributed by atoms with E-state index in [0.29, 0.717) is 16.4 Å². The van der Waals surface area contributed by atoms with Crippen molar-refractivity contribution in [2.24, 2.45) is 0 Å². The molecular weight excluding hydrogens is 272 g/mol. The van der Waals surface area contributed by atoms with Crippen LogP contribution in [-0.4, -0.2) is 5.11 Å². The third-order valence-electron chi connectivity index (χ3n) is 3.60. The van der Waals surface area contributed by atoms with E-state index in [1.54, 1.807) is 6.07 Å². The first-order valence-electron chi connectivity index (χ1n) is 6.50. The van der Waals surface area contributed by atoms with Gasteiger partial charge in [-0.1, -0.05) is 41.9 Å². The molecule has 1 unspecified atom stereocenters. The molecular formula is C17H15ClO2. The number of benzene rings is 2. The summed E-state index contributed by atoms with van der Waals surface area (Å²) in [4.78, 5) is 0. The molecule has 2 aromatic carbocycles. The van der Waals surface area contributed by atoms with Gasteiger partial charge in [-0.3, -0.25) is 0 Å². The topological polar surface area (TPSA) is 33.4 Å². The van der Waals surface area contributed by atoms with Crippen molar-refractivity contribution in [3.63, 3.8) is 0 Å². The van der Waals surface area contributed by atoms with Gasteiger partial charge in [0, 0.05) is 5.39 Å². The van der Waals surface area contributed by atoms with Crippen LogP contribution >= 0.6 is 11.6 Å². The van der Waals surface area contributed by atoms with Gasteiger partial charge in [0.25, 0.3) is 0 Å². The van der Waals surface area contributed by atoms with E-state index in [-0.39, 0.29) is 0 Å². The third kappa shape index (κ3) is 2.11. The van der Waals surface area contributed by atoms with Crippen molar-refractivity contribution in [3.8, 4) is 0 Å². The number of fused-ring (bicyclic) bond motifs is 1. The minimum absolute atomic E-state index is 0.519. The van der Waals surface area contributed by atoms with Gasteiger partial charge in [0.15, 0.2) is 5.58 Å². The molecule has 0 amide bonds. The number of hydrogen-bond donors (Lipinski definition) is 1. The van der Waals surface area contributed by atoms with Crippen LogP contribution < -0.4 is 0 Å². The summed E-state index contributed by atoms with van der Waals surface area (Å²) in [5, 5.41) is 12.1. The monoisotopic (exact) mass is 286 g/mol. The van der Waals surface area contributed by atoms with Crippen LogP contribution in [-0.2, 0) is 0 Å². The van der Waals surface area contributed by atoms with Crippen molar-refractivity contribution in [1.82, 2.24) is 0 Å². The molecule has 3 rings (SSSR count). The maximum absolute atomic E-state index is 10.6. The first kappa shape index (κ1) is 13.2. The predicted molar refractivity (Wildman–Crippen MR) is 81.2 cm³/mol. The van der Waals surface area contributed by atoms with Crippen LogP contribution in [0.2, 0.25) is 5.02 Å². The summed E-state index contributed by atoms with van der Waals surface area (Å²) in [6.45, 7) is 3.97. The van der Waals surface area contributed by atoms with Crippen molar-refractivity contribution in [2.45, 2.75) is 20.0 Å². The quantitative estimate of drug-likeness (QED) is 0.735. The second-order valence-electron chi connectivity index (χ2n) is 5.01. The largest absolute Gasteiger partial charge is 0.456 e. The SMILES string of the molecule is Cc1cccc(C)c1C(O)c1cc2cccc(Cl)c2o1. The predicted octanol–water partition coefficient (Wildman–Crippen LogP) is 4.78. The summed E-state index contributed by atoms with van der Waals surface area (Å²) in [6.07, 6.45) is -0.778. The third-order valence-corrected chi connectivity index (χ3v) is 3.90. The molecule has 0 aliphatic carbocycles. The van der Waals surface area contributed by atoms with Gasteiger partial charge in [0.1, 0.15) is 11.9 Å². The Bertz CT molecular complexity index is 754. The lowest BCUT2D eigenvalue weighted by Crippen LogP contribution is -2.03. The smallest absolute Gasteiger partial charge is 0.153 e. The molecule has 1 atom stereocenters. The minimum Gasteiger partial charge on any atom is -0.456 e. The summed E-state index contributed by atoms with van der Waals surface area (Å²) in [5.41, 5.74) is 3.60. The highest BCUT2D eigenvalue weighted by Crippen LogP contribution is 2.33. The second kappa shape index (κ2) is 4.97. The maximum atomic E-state index is 10.6. The van der Waals surface area contributed by atoms with Gasteiger partial charge in [-0.25, -0.2) is 0 Å². The Morgan fingerprint density at radius 1 is 1.05 bits per heavy atom. The molecule has 20 heavy (non-hydrogen) atoms. The van der Waals surface area contributed by atoms with E-state index in [0.717, 1.165) is 22.1 Å². The van der Waals surface area contributed by atoms with Gasteiger partial charge in [-0.15, -0.1) is 0 Å². The molecule has 1 aromatic heterocycles. The highest BCUT2D eigenvalue weighted by atomic mass is 35.5. The van der Waals surface area contributed by atoms with Gasteiger partial charge >= 0.3 is 0 Å². The maximum Gasteiger partial charge on any atom is 0.153 e. The molecule has 3 aromatic rings. The average molecular weight is 287 g/mol. The molecule has 0 saturated heterocycles. The number of aliphatic hydroxyl groups is 1. The van der Waals surface area contributed by atoms with Crippen LogP contribution in [0.15, 0.2) is 46.9 Å². The average Bonchev–Trinajstić information content (AvgIpc) is 2.84. The van der Waals surface area contributed by atoms with E-state index in [4.69, 9.17) is 16.0 Å². The standard InChI is InChI=1S/C17H15ClO2/c1-10-5-3-6-11(2)15(10)16(19)14-9-12-7-4-8-13(18)17(12)20-14/h3-9,16,19H,1-2H3. The molecule has 0 spiro atoms.